The first kappa shape index (κ1) is 17.1. The van der Waals surface area contributed by atoms with E-state index in [0.29, 0.717) is 17.4 Å². The Morgan fingerprint density at radius 3 is 3.04 bits per heavy atom. The third-order valence-electron chi connectivity index (χ3n) is 5.10. The maximum absolute atomic E-state index is 12.6. The fourth-order valence-electron chi connectivity index (χ4n) is 3.80. The first-order chi connectivity index (χ1) is 12.6. The van der Waals surface area contributed by atoms with Crippen molar-refractivity contribution in [2.24, 2.45) is 0 Å². The van der Waals surface area contributed by atoms with Crippen molar-refractivity contribution >= 4 is 5.91 Å². The Labute approximate surface area is 152 Å². The molecular formula is C19H24N4O3. The molecule has 2 fully saturated rings. The molecule has 7 heteroatoms. The van der Waals surface area contributed by atoms with E-state index < -0.39 is 0 Å². The van der Waals surface area contributed by atoms with Gasteiger partial charge in [0.05, 0.1) is 31.6 Å². The Kier molecular flexibility index (Phi) is 4.65. The summed E-state index contributed by atoms with van der Waals surface area (Å²) in [7, 11) is 1.62. The van der Waals surface area contributed by atoms with Crippen LogP contribution in [0.3, 0.4) is 0 Å². The molecule has 7 nitrogen and oxygen atoms in total. The number of ether oxygens (including phenoxy) is 2. The van der Waals surface area contributed by atoms with Gasteiger partial charge < -0.3 is 14.8 Å². The van der Waals surface area contributed by atoms with E-state index in [9.17, 15) is 4.79 Å². The van der Waals surface area contributed by atoms with E-state index in [1.165, 1.54) is 0 Å². The summed E-state index contributed by atoms with van der Waals surface area (Å²) in [6.07, 6.45) is 4.52. The number of aromatic nitrogens is 2. The van der Waals surface area contributed by atoms with Crippen LogP contribution in [0.25, 0.3) is 5.69 Å². The molecule has 138 valence electrons. The lowest BCUT2D eigenvalue weighted by molar-refractivity contribution is -0.0390. The normalized spacial score (nSPS) is 25.7. The van der Waals surface area contributed by atoms with E-state index in [0.717, 1.165) is 31.8 Å². The number of amides is 1. The molecule has 2 saturated heterocycles. The number of methoxy groups -OCH3 is 1. The summed E-state index contributed by atoms with van der Waals surface area (Å²) in [5, 5.41) is 7.46. The SMILES string of the molecule is COc1ccccc1-n1cc(C(=O)N[C@H]2C[C@H]3CO[C@@H](C)CN3C2)cn1. The van der Waals surface area contributed by atoms with E-state index in [4.69, 9.17) is 9.47 Å². The van der Waals surface area contributed by atoms with Crippen LogP contribution < -0.4 is 10.1 Å². The number of para-hydroxylation sites is 2. The van der Waals surface area contributed by atoms with Gasteiger partial charge in [-0.05, 0) is 25.5 Å². The molecule has 0 radical (unpaired) electrons. The van der Waals surface area contributed by atoms with Crippen molar-refractivity contribution in [3.63, 3.8) is 0 Å². The van der Waals surface area contributed by atoms with Crippen LogP contribution in [-0.2, 0) is 4.74 Å². The topological polar surface area (TPSA) is 68.6 Å². The van der Waals surface area contributed by atoms with Gasteiger partial charge in [0.2, 0.25) is 0 Å². The molecular weight excluding hydrogens is 332 g/mol. The van der Waals surface area contributed by atoms with Crippen LogP contribution >= 0.6 is 0 Å². The number of benzene rings is 1. The van der Waals surface area contributed by atoms with Crippen LogP contribution in [0.4, 0.5) is 0 Å². The fraction of sp³-hybridized carbons (Fsp3) is 0.474. The molecule has 1 aromatic carbocycles. The first-order valence-electron chi connectivity index (χ1n) is 8.98. The maximum atomic E-state index is 12.6. The van der Waals surface area contributed by atoms with Gasteiger partial charge in [-0.25, -0.2) is 4.68 Å². The molecule has 3 heterocycles. The molecule has 26 heavy (non-hydrogen) atoms. The summed E-state index contributed by atoms with van der Waals surface area (Å²) in [5.41, 5.74) is 1.35. The summed E-state index contributed by atoms with van der Waals surface area (Å²) < 4.78 is 12.8. The Morgan fingerprint density at radius 2 is 2.19 bits per heavy atom. The highest BCUT2D eigenvalue weighted by atomic mass is 16.5. The molecule has 4 rings (SSSR count). The van der Waals surface area contributed by atoms with E-state index in [2.05, 4.69) is 22.2 Å². The molecule has 0 unspecified atom stereocenters. The zero-order valence-corrected chi connectivity index (χ0v) is 15.1. The molecule has 2 aliphatic rings. The summed E-state index contributed by atoms with van der Waals surface area (Å²) in [4.78, 5) is 15.0. The molecule has 0 spiro atoms. The third kappa shape index (κ3) is 3.32. The van der Waals surface area contributed by atoms with Gasteiger partial charge in [0.25, 0.3) is 5.91 Å². The number of rotatable bonds is 4. The van der Waals surface area contributed by atoms with Crippen molar-refractivity contribution in [1.82, 2.24) is 20.0 Å². The van der Waals surface area contributed by atoms with E-state index in [1.807, 2.05) is 24.3 Å². The minimum Gasteiger partial charge on any atom is -0.494 e. The van der Waals surface area contributed by atoms with Gasteiger partial charge in [-0.15, -0.1) is 0 Å². The van der Waals surface area contributed by atoms with Gasteiger partial charge in [0.15, 0.2) is 0 Å². The average Bonchev–Trinajstić information content (AvgIpc) is 3.28. The average molecular weight is 356 g/mol. The minimum atomic E-state index is -0.0926. The van der Waals surface area contributed by atoms with Crippen LogP contribution in [0.2, 0.25) is 0 Å². The fourth-order valence-corrected chi connectivity index (χ4v) is 3.80. The zero-order valence-electron chi connectivity index (χ0n) is 15.1. The Hall–Kier alpha value is -2.38. The second kappa shape index (κ2) is 7.09. The van der Waals surface area contributed by atoms with Crippen LogP contribution in [-0.4, -0.2) is 65.6 Å². The highest BCUT2D eigenvalue weighted by Gasteiger charge is 2.36. The van der Waals surface area contributed by atoms with Crippen LogP contribution in [0.15, 0.2) is 36.7 Å². The number of fused-ring (bicyclic) bond motifs is 1. The molecule has 2 aromatic rings. The molecule has 2 aliphatic heterocycles. The lowest BCUT2D eigenvalue weighted by Crippen LogP contribution is -2.45. The number of carbonyl (C=O) groups excluding carboxylic acids is 1. The lowest BCUT2D eigenvalue weighted by Gasteiger charge is -2.33. The van der Waals surface area contributed by atoms with Gasteiger partial charge in [-0.2, -0.15) is 5.10 Å². The number of nitrogens with one attached hydrogen (secondary N) is 1. The van der Waals surface area contributed by atoms with E-state index in [1.54, 1.807) is 24.2 Å². The number of morpholine rings is 1. The van der Waals surface area contributed by atoms with Crippen molar-refractivity contribution in [2.45, 2.75) is 31.5 Å². The molecule has 0 aliphatic carbocycles. The van der Waals surface area contributed by atoms with E-state index in [-0.39, 0.29) is 18.1 Å². The highest BCUT2D eigenvalue weighted by Crippen LogP contribution is 2.24. The second-order valence-electron chi connectivity index (χ2n) is 7.00. The van der Waals surface area contributed by atoms with Crippen LogP contribution in [0.5, 0.6) is 5.75 Å². The van der Waals surface area contributed by atoms with Crippen LogP contribution in [0, 0.1) is 0 Å². The number of nitrogens with zero attached hydrogens (tertiary/aromatic N) is 3. The predicted octanol–water partition coefficient (Wildman–Crippen LogP) is 1.47. The highest BCUT2D eigenvalue weighted by molar-refractivity contribution is 5.94. The standard InChI is InChI=1S/C19H24N4O3/c1-13-9-22-11-15(7-16(22)12-26-13)21-19(24)14-8-20-23(10-14)17-5-3-4-6-18(17)25-2/h3-6,8,10,13,15-16H,7,9,11-12H2,1-2H3,(H,21,24)/t13-,15-,16-/m0/s1. The Bertz CT molecular complexity index is 791. The van der Waals surface area contributed by atoms with Crippen molar-refractivity contribution < 1.29 is 14.3 Å². The van der Waals surface area contributed by atoms with Gasteiger partial charge >= 0.3 is 0 Å². The largest absolute Gasteiger partial charge is 0.494 e. The smallest absolute Gasteiger partial charge is 0.254 e. The number of hydrogen-bond donors (Lipinski definition) is 1. The molecule has 0 bridgehead atoms. The van der Waals surface area contributed by atoms with Gasteiger partial charge in [0.1, 0.15) is 11.4 Å². The monoisotopic (exact) mass is 356 g/mol. The third-order valence-corrected chi connectivity index (χ3v) is 5.10. The molecule has 3 atom stereocenters. The minimum absolute atomic E-state index is 0.0926. The zero-order chi connectivity index (χ0) is 18.1. The number of carbonyl (C=O) groups is 1. The van der Waals surface area contributed by atoms with Crippen LogP contribution in [0.1, 0.15) is 23.7 Å². The maximum Gasteiger partial charge on any atom is 0.254 e. The summed E-state index contributed by atoms with van der Waals surface area (Å²) in [6.45, 7) is 4.65. The molecule has 1 aromatic heterocycles. The van der Waals surface area contributed by atoms with E-state index >= 15 is 0 Å². The number of hydrogen-bond acceptors (Lipinski definition) is 5. The van der Waals surface area contributed by atoms with Gasteiger partial charge in [-0.1, -0.05) is 12.1 Å². The second-order valence-corrected chi connectivity index (χ2v) is 7.00. The molecule has 1 amide bonds. The van der Waals surface area contributed by atoms with Crippen molar-refractivity contribution in [1.29, 1.82) is 0 Å². The van der Waals surface area contributed by atoms with Crippen molar-refractivity contribution in [3.8, 4) is 11.4 Å². The lowest BCUT2D eigenvalue weighted by atomic mass is 10.1. The summed E-state index contributed by atoms with van der Waals surface area (Å²) in [6, 6.07) is 8.15. The first-order valence-corrected chi connectivity index (χ1v) is 8.98. The van der Waals surface area contributed by atoms with Crippen molar-refractivity contribution in [2.75, 3.05) is 26.8 Å². The Balaban J connectivity index is 1.43. The summed E-state index contributed by atoms with van der Waals surface area (Å²) in [5.74, 6) is 0.620. The Morgan fingerprint density at radius 1 is 1.35 bits per heavy atom. The van der Waals surface area contributed by atoms with Gasteiger partial charge in [0, 0.05) is 31.4 Å². The molecule has 0 saturated carbocycles. The quantitative estimate of drug-likeness (QED) is 0.899. The predicted molar refractivity (Wildman–Crippen MR) is 96.8 cm³/mol. The molecule has 1 N–H and O–H groups in total. The summed E-state index contributed by atoms with van der Waals surface area (Å²) >= 11 is 0. The van der Waals surface area contributed by atoms with Crippen molar-refractivity contribution in [3.05, 3.63) is 42.2 Å². The van der Waals surface area contributed by atoms with Gasteiger partial charge in [-0.3, -0.25) is 9.69 Å².